The third-order valence-corrected chi connectivity index (χ3v) is 5.99. The Labute approximate surface area is 202 Å². The van der Waals surface area contributed by atoms with Gasteiger partial charge in [-0.2, -0.15) is 0 Å². The number of carbonyl (C=O) groups excluding carboxylic acids is 3. The van der Waals surface area contributed by atoms with Gasteiger partial charge in [-0.1, -0.05) is 54.6 Å². The quantitative estimate of drug-likeness (QED) is 0.385. The molecule has 0 saturated heterocycles. The van der Waals surface area contributed by atoms with E-state index in [1.54, 1.807) is 18.2 Å². The molecule has 0 fully saturated rings. The van der Waals surface area contributed by atoms with Gasteiger partial charge in [-0.3, -0.25) is 14.4 Å². The van der Waals surface area contributed by atoms with Crippen LogP contribution >= 0.6 is 0 Å². The molecule has 0 aliphatic carbocycles. The molecule has 1 atom stereocenters. The number of nitrogens with zero attached hydrogens (tertiary/aromatic N) is 2. The maximum absolute atomic E-state index is 12.9. The summed E-state index contributed by atoms with van der Waals surface area (Å²) in [6.45, 7) is -0.0624. The van der Waals surface area contributed by atoms with E-state index in [0.29, 0.717) is 23.6 Å². The minimum absolute atomic E-state index is 0.00460. The normalized spacial score (nSPS) is 13.7. The fourth-order valence-corrected chi connectivity index (χ4v) is 4.28. The number of rotatable bonds is 7. The van der Waals surface area contributed by atoms with E-state index >= 15 is 0 Å². The zero-order valence-electron chi connectivity index (χ0n) is 19.0. The molecule has 176 valence electrons. The first-order valence-electron chi connectivity index (χ1n) is 11.5. The number of aromatic amines is 1. The first-order chi connectivity index (χ1) is 17.1. The Hall–Kier alpha value is -4.46. The van der Waals surface area contributed by atoms with Gasteiger partial charge >= 0.3 is 0 Å². The van der Waals surface area contributed by atoms with Crippen molar-refractivity contribution >= 4 is 40.1 Å². The molecule has 4 aromatic rings. The Morgan fingerprint density at radius 3 is 2.51 bits per heavy atom. The summed E-state index contributed by atoms with van der Waals surface area (Å²) in [6.07, 6.45) is 0.552. The standard InChI is InChI=1S/C27H25N5O3/c33-24(14-15-26(35)32-17-25(34)28-21-12-6-7-13-23(21)32)29-22(16-18-8-2-1-3-9-18)27-30-19-10-4-5-11-20(19)31-27/h1-13,22H,14-17H2,(H,28,34)(H,29,33)(H,30,31)/t22-/m0/s1. The first kappa shape index (κ1) is 22.3. The molecule has 0 bridgehead atoms. The molecule has 3 aromatic carbocycles. The van der Waals surface area contributed by atoms with Gasteiger partial charge in [0, 0.05) is 12.8 Å². The molecular formula is C27H25N5O3. The monoisotopic (exact) mass is 467 g/mol. The number of hydrogen-bond acceptors (Lipinski definition) is 4. The highest BCUT2D eigenvalue weighted by atomic mass is 16.2. The average Bonchev–Trinajstić information content (AvgIpc) is 3.31. The summed E-state index contributed by atoms with van der Waals surface area (Å²) in [6, 6.07) is 24.3. The highest BCUT2D eigenvalue weighted by Crippen LogP contribution is 2.29. The van der Waals surface area contributed by atoms with Gasteiger partial charge in [0.05, 0.1) is 28.5 Å². The smallest absolute Gasteiger partial charge is 0.244 e. The van der Waals surface area contributed by atoms with E-state index < -0.39 is 0 Å². The van der Waals surface area contributed by atoms with Crippen molar-refractivity contribution < 1.29 is 14.4 Å². The van der Waals surface area contributed by atoms with Crippen molar-refractivity contribution in [2.45, 2.75) is 25.3 Å². The molecule has 0 unspecified atom stereocenters. The van der Waals surface area contributed by atoms with Crippen LogP contribution in [0.2, 0.25) is 0 Å². The van der Waals surface area contributed by atoms with Gasteiger partial charge in [0.25, 0.3) is 0 Å². The van der Waals surface area contributed by atoms with Gasteiger partial charge in [-0.25, -0.2) is 4.98 Å². The number of anilines is 2. The van der Waals surface area contributed by atoms with Gasteiger partial charge in [-0.15, -0.1) is 0 Å². The molecule has 1 aliphatic heterocycles. The van der Waals surface area contributed by atoms with Crippen LogP contribution in [0.15, 0.2) is 78.9 Å². The summed E-state index contributed by atoms with van der Waals surface area (Å²) in [5.74, 6) is -0.119. The zero-order valence-corrected chi connectivity index (χ0v) is 19.0. The molecule has 8 heteroatoms. The van der Waals surface area contributed by atoms with Crippen molar-refractivity contribution in [3.8, 4) is 0 Å². The predicted octanol–water partition coefficient (Wildman–Crippen LogP) is 3.73. The maximum atomic E-state index is 12.9. The molecule has 3 N–H and O–H groups in total. The number of para-hydroxylation sites is 4. The van der Waals surface area contributed by atoms with Crippen LogP contribution in [0.4, 0.5) is 11.4 Å². The zero-order chi connectivity index (χ0) is 24.2. The Kier molecular flexibility index (Phi) is 6.26. The van der Waals surface area contributed by atoms with Crippen LogP contribution in [0.5, 0.6) is 0 Å². The Balaban J connectivity index is 1.28. The summed E-state index contributed by atoms with van der Waals surface area (Å²) in [5, 5.41) is 5.81. The van der Waals surface area contributed by atoms with Gasteiger partial charge in [0.15, 0.2) is 0 Å². The molecule has 0 spiro atoms. The number of amides is 3. The van der Waals surface area contributed by atoms with E-state index in [1.165, 1.54) is 4.90 Å². The Morgan fingerprint density at radius 1 is 0.943 bits per heavy atom. The largest absolute Gasteiger partial charge is 0.346 e. The summed E-state index contributed by atoms with van der Waals surface area (Å²) < 4.78 is 0. The van der Waals surface area contributed by atoms with E-state index in [2.05, 4.69) is 20.6 Å². The predicted molar refractivity (Wildman–Crippen MR) is 134 cm³/mol. The molecule has 3 amide bonds. The highest BCUT2D eigenvalue weighted by molar-refractivity contribution is 6.10. The van der Waals surface area contributed by atoms with Crippen molar-refractivity contribution in [1.82, 2.24) is 15.3 Å². The van der Waals surface area contributed by atoms with Crippen LogP contribution in [0.1, 0.15) is 30.3 Å². The number of H-pyrrole nitrogens is 1. The molecular weight excluding hydrogens is 442 g/mol. The Bertz CT molecular complexity index is 1350. The number of hydrogen-bond donors (Lipinski definition) is 3. The number of carbonyl (C=O) groups is 3. The van der Waals surface area contributed by atoms with Crippen molar-refractivity contribution in [1.29, 1.82) is 0 Å². The van der Waals surface area contributed by atoms with Crippen LogP contribution in [-0.4, -0.2) is 34.2 Å². The summed E-state index contributed by atoms with van der Waals surface area (Å²) in [4.78, 5) is 47.3. The average molecular weight is 468 g/mol. The van der Waals surface area contributed by atoms with Gasteiger partial charge in [-0.05, 0) is 36.2 Å². The number of benzene rings is 3. The van der Waals surface area contributed by atoms with Crippen LogP contribution in [0, 0.1) is 0 Å². The minimum atomic E-state index is -0.381. The number of imidazole rings is 1. The molecule has 2 heterocycles. The molecule has 8 nitrogen and oxygen atoms in total. The van der Waals surface area contributed by atoms with Crippen molar-refractivity contribution in [3.05, 3.63) is 90.3 Å². The van der Waals surface area contributed by atoms with Crippen LogP contribution in [-0.2, 0) is 20.8 Å². The van der Waals surface area contributed by atoms with Crippen LogP contribution < -0.4 is 15.5 Å². The van der Waals surface area contributed by atoms with Crippen molar-refractivity contribution in [3.63, 3.8) is 0 Å². The molecule has 5 rings (SSSR count). The van der Waals surface area contributed by atoms with Crippen LogP contribution in [0.25, 0.3) is 11.0 Å². The van der Waals surface area contributed by atoms with Crippen molar-refractivity contribution in [2.75, 3.05) is 16.8 Å². The third kappa shape index (κ3) is 5.06. The van der Waals surface area contributed by atoms with Gasteiger partial charge < -0.3 is 20.5 Å². The number of aromatic nitrogens is 2. The molecule has 35 heavy (non-hydrogen) atoms. The minimum Gasteiger partial charge on any atom is -0.346 e. The maximum Gasteiger partial charge on any atom is 0.244 e. The van der Waals surface area contributed by atoms with E-state index in [-0.39, 0.29) is 43.1 Å². The first-order valence-corrected chi connectivity index (χ1v) is 11.5. The summed E-state index contributed by atoms with van der Waals surface area (Å²) >= 11 is 0. The second-order valence-electron chi connectivity index (χ2n) is 8.49. The Morgan fingerprint density at radius 2 is 1.69 bits per heavy atom. The molecule has 0 saturated carbocycles. The lowest BCUT2D eigenvalue weighted by Crippen LogP contribution is -2.42. The van der Waals surface area contributed by atoms with Gasteiger partial charge in [0.1, 0.15) is 12.4 Å². The topological polar surface area (TPSA) is 107 Å². The second-order valence-corrected chi connectivity index (χ2v) is 8.49. The molecule has 1 aliphatic rings. The lowest BCUT2D eigenvalue weighted by Gasteiger charge is -2.29. The lowest BCUT2D eigenvalue weighted by molar-refractivity contribution is -0.126. The van der Waals surface area contributed by atoms with E-state index in [9.17, 15) is 14.4 Å². The summed E-state index contributed by atoms with van der Waals surface area (Å²) in [7, 11) is 0. The third-order valence-electron chi connectivity index (χ3n) is 5.99. The number of fused-ring (bicyclic) bond motifs is 2. The number of nitrogens with one attached hydrogen (secondary N) is 3. The summed E-state index contributed by atoms with van der Waals surface area (Å²) in [5.41, 5.74) is 4.01. The van der Waals surface area contributed by atoms with Crippen molar-refractivity contribution in [2.24, 2.45) is 0 Å². The van der Waals surface area contributed by atoms with Crippen LogP contribution in [0.3, 0.4) is 0 Å². The SMILES string of the molecule is O=C1CN(C(=O)CCC(=O)N[C@@H](Cc2ccccc2)c2nc3ccccc3[nH]2)c2ccccc2N1. The second kappa shape index (κ2) is 9.80. The van der Waals surface area contributed by atoms with E-state index in [1.807, 2.05) is 60.7 Å². The van der Waals surface area contributed by atoms with Gasteiger partial charge in [0.2, 0.25) is 17.7 Å². The molecule has 0 radical (unpaired) electrons. The fourth-order valence-electron chi connectivity index (χ4n) is 4.28. The lowest BCUT2D eigenvalue weighted by atomic mass is 10.0. The fraction of sp³-hybridized carbons (Fsp3) is 0.185. The van der Waals surface area contributed by atoms with E-state index in [0.717, 1.165) is 16.6 Å². The highest BCUT2D eigenvalue weighted by Gasteiger charge is 2.27. The van der Waals surface area contributed by atoms with E-state index in [4.69, 9.17) is 0 Å². The molecule has 1 aromatic heterocycles.